The Morgan fingerprint density at radius 1 is 0.611 bits per heavy atom. The van der Waals surface area contributed by atoms with Crippen molar-refractivity contribution in [1.29, 1.82) is 0 Å². The van der Waals surface area contributed by atoms with E-state index in [0.717, 1.165) is 36.5 Å². The van der Waals surface area contributed by atoms with E-state index in [4.69, 9.17) is 4.98 Å². The van der Waals surface area contributed by atoms with Crippen molar-refractivity contribution >= 4 is 78.0 Å². The molecule has 0 atom stereocenters. The standard InChI is InChI=1S/C30H26I2N4/c31-21-12-14-27-23(19-21)24-20-22(32)13-15-28(24)35(27)17-7-1-2-8-18-36-29-11-4-3-9-25(29)34-30(36)26-10-5-6-16-33-26/h3-6,9-16,19-20H,1-2,7-8,17-18H2. The smallest absolute Gasteiger partial charge is 0.159 e. The lowest BCUT2D eigenvalue weighted by atomic mass is 10.2. The summed E-state index contributed by atoms with van der Waals surface area (Å²) in [5, 5.41) is 2.73. The van der Waals surface area contributed by atoms with Crippen molar-refractivity contribution in [3.63, 3.8) is 0 Å². The van der Waals surface area contributed by atoms with Gasteiger partial charge in [0.1, 0.15) is 5.69 Å². The first kappa shape index (κ1) is 23.9. The van der Waals surface area contributed by atoms with Gasteiger partial charge >= 0.3 is 0 Å². The highest BCUT2D eigenvalue weighted by Gasteiger charge is 2.14. The third-order valence-electron chi connectivity index (χ3n) is 6.85. The Bertz CT molecular complexity index is 1610. The number of nitrogens with zero attached hydrogens (tertiary/aromatic N) is 4. The first-order valence-corrected chi connectivity index (χ1v) is 14.6. The molecule has 0 aliphatic heterocycles. The van der Waals surface area contributed by atoms with Crippen LogP contribution in [-0.2, 0) is 13.1 Å². The minimum atomic E-state index is 0.935. The molecule has 0 unspecified atom stereocenters. The molecular weight excluding hydrogens is 670 g/mol. The van der Waals surface area contributed by atoms with Crippen LogP contribution in [0.5, 0.6) is 0 Å². The fraction of sp³-hybridized carbons (Fsp3) is 0.200. The molecule has 0 saturated carbocycles. The van der Waals surface area contributed by atoms with Crippen LogP contribution in [0, 0.1) is 7.14 Å². The van der Waals surface area contributed by atoms with E-state index < -0.39 is 0 Å². The number of pyridine rings is 1. The van der Waals surface area contributed by atoms with Crippen LogP contribution in [0.15, 0.2) is 85.1 Å². The van der Waals surface area contributed by atoms with Crippen LogP contribution >= 0.6 is 45.2 Å². The lowest BCUT2D eigenvalue weighted by molar-refractivity contribution is 0.555. The van der Waals surface area contributed by atoms with Crippen molar-refractivity contribution in [2.24, 2.45) is 0 Å². The number of aromatic nitrogens is 4. The SMILES string of the molecule is Ic1ccc2c(c1)c1cc(I)ccc1n2CCCCCCn1c(-c2ccccn2)nc2ccccc21. The van der Waals surface area contributed by atoms with Gasteiger partial charge < -0.3 is 9.13 Å². The van der Waals surface area contributed by atoms with E-state index in [2.05, 4.69) is 120 Å². The van der Waals surface area contributed by atoms with Crippen LogP contribution in [0.25, 0.3) is 44.4 Å². The molecule has 0 aliphatic carbocycles. The van der Waals surface area contributed by atoms with E-state index >= 15 is 0 Å². The number of hydrogen-bond donors (Lipinski definition) is 0. The third kappa shape index (κ3) is 4.65. The molecule has 6 rings (SSSR count). The molecule has 6 aromatic rings. The average Bonchev–Trinajstić information content (AvgIpc) is 3.42. The number of halogens is 2. The van der Waals surface area contributed by atoms with Gasteiger partial charge in [0, 0.05) is 48.2 Å². The maximum absolute atomic E-state index is 4.90. The number of fused-ring (bicyclic) bond motifs is 4. The van der Waals surface area contributed by atoms with Crippen molar-refractivity contribution in [1.82, 2.24) is 19.1 Å². The van der Waals surface area contributed by atoms with Crippen molar-refractivity contribution in [3.05, 3.63) is 92.2 Å². The summed E-state index contributed by atoms with van der Waals surface area (Å²) in [6, 6.07) is 28.1. The molecule has 6 heteroatoms. The minimum absolute atomic E-state index is 0.935. The van der Waals surface area contributed by atoms with Crippen LogP contribution in [0.3, 0.4) is 0 Å². The molecule has 3 heterocycles. The monoisotopic (exact) mass is 696 g/mol. The Labute approximate surface area is 238 Å². The summed E-state index contributed by atoms with van der Waals surface area (Å²) in [5.74, 6) is 0.964. The molecule has 180 valence electrons. The molecule has 0 radical (unpaired) electrons. The van der Waals surface area contributed by atoms with Gasteiger partial charge in [0.25, 0.3) is 0 Å². The Kier molecular flexibility index (Phi) is 6.97. The van der Waals surface area contributed by atoms with Crippen molar-refractivity contribution in [3.8, 4) is 11.5 Å². The number of imidazole rings is 1. The van der Waals surface area contributed by atoms with Gasteiger partial charge in [0.15, 0.2) is 5.82 Å². The van der Waals surface area contributed by atoms with Gasteiger partial charge in [-0.2, -0.15) is 0 Å². The second-order valence-electron chi connectivity index (χ2n) is 9.18. The van der Waals surface area contributed by atoms with E-state index in [1.54, 1.807) is 0 Å². The van der Waals surface area contributed by atoms with Gasteiger partial charge in [-0.05, 0) is 119 Å². The van der Waals surface area contributed by atoms with Crippen molar-refractivity contribution in [2.75, 3.05) is 0 Å². The summed E-state index contributed by atoms with van der Waals surface area (Å²) in [6.45, 7) is 2.01. The maximum atomic E-state index is 4.90. The molecule has 0 amide bonds. The molecular formula is C30H26I2N4. The number of hydrogen-bond acceptors (Lipinski definition) is 2. The van der Waals surface area contributed by atoms with E-state index in [0.29, 0.717) is 0 Å². The predicted molar refractivity (Wildman–Crippen MR) is 166 cm³/mol. The summed E-state index contributed by atoms with van der Waals surface area (Å²) in [4.78, 5) is 9.46. The fourth-order valence-corrected chi connectivity index (χ4v) is 6.16. The molecule has 0 N–H and O–H groups in total. The number of unbranched alkanes of at least 4 members (excludes halogenated alkanes) is 3. The second-order valence-corrected chi connectivity index (χ2v) is 11.7. The molecule has 0 saturated heterocycles. The molecule has 0 fully saturated rings. The number of rotatable bonds is 8. The van der Waals surface area contributed by atoms with Gasteiger partial charge in [-0.25, -0.2) is 4.98 Å². The van der Waals surface area contributed by atoms with Crippen LogP contribution in [0.2, 0.25) is 0 Å². The van der Waals surface area contributed by atoms with Crippen LogP contribution in [-0.4, -0.2) is 19.1 Å². The zero-order valence-corrected chi connectivity index (χ0v) is 24.2. The van der Waals surface area contributed by atoms with Gasteiger partial charge in [-0.3, -0.25) is 4.98 Å². The van der Waals surface area contributed by atoms with E-state index in [1.165, 1.54) is 53.7 Å². The fourth-order valence-electron chi connectivity index (χ4n) is 5.18. The Balaban J connectivity index is 1.15. The Morgan fingerprint density at radius 3 is 1.92 bits per heavy atom. The predicted octanol–water partition coefficient (Wildman–Crippen LogP) is 8.68. The molecule has 0 spiro atoms. The summed E-state index contributed by atoms with van der Waals surface area (Å²) >= 11 is 4.83. The van der Waals surface area contributed by atoms with Gasteiger partial charge in [-0.1, -0.05) is 31.0 Å². The molecule has 0 bridgehead atoms. The largest absolute Gasteiger partial charge is 0.340 e. The van der Waals surface area contributed by atoms with Crippen LogP contribution < -0.4 is 0 Å². The third-order valence-corrected chi connectivity index (χ3v) is 8.19. The zero-order valence-electron chi connectivity index (χ0n) is 19.9. The Hall–Kier alpha value is -2.46. The van der Waals surface area contributed by atoms with Gasteiger partial charge in [-0.15, -0.1) is 0 Å². The number of benzene rings is 3. The highest BCUT2D eigenvalue weighted by atomic mass is 127. The highest BCUT2D eigenvalue weighted by molar-refractivity contribution is 14.1. The minimum Gasteiger partial charge on any atom is -0.340 e. The number of para-hydroxylation sites is 2. The first-order valence-electron chi connectivity index (χ1n) is 12.4. The van der Waals surface area contributed by atoms with Gasteiger partial charge in [0.2, 0.25) is 0 Å². The van der Waals surface area contributed by atoms with Crippen molar-refractivity contribution in [2.45, 2.75) is 38.8 Å². The lowest BCUT2D eigenvalue weighted by Gasteiger charge is -2.10. The normalized spacial score (nSPS) is 11.7. The lowest BCUT2D eigenvalue weighted by Crippen LogP contribution is -2.02. The summed E-state index contributed by atoms with van der Waals surface area (Å²) in [7, 11) is 0. The quantitative estimate of drug-likeness (QED) is 0.118. The number of aryl methyl sites for hydroxylation is 2. The van der Waals surface area contributed by atoms with E-state index in [1.807, 2.05) is 24.4 Å². The first-order chi connectivity index (χ1) is 17.7. The summed E-state index contributed by atoms with van der Waals surface area (Å²) in [6.07, 6.45) is 6.55. The Morgan fingerprint density at radius 2 is 1.25 bits per heavy atom. The highest BCUT2D eigenvalue weighted by Crippen LogP contribution is 2.32. The zero-order chi connectivity index (χ0) is 24.5. The maximum Gasteiger partial charge on any atom is 0.159 e. The van der Waals surface area contributed by atoms with Crippen molar-refractivity contribution < 1.29 is 0 Å². The molecule has 3 aromatic heterocycles. The summed E-state index contributed by atoms with van der Waals surface area (Å²) < 4.78 is 7.43. The van der Waals surface area contributed by atoms with E-state index in [-0.39, 0.29) is 0 Å². The topological polar surface area (TPSA) is 35.6 Å². The van der Waals surface area contributed by atoms with Crippen LogP contribution in [0.4, 0.5) is 0 Å². The molecule has 4 nitrogen and oxygen atoms in total. The van der Waals surface area contributed by atoms with Crippen LogP contribution in [0.1, 0.15) is 25.7 Å². The molecule has 0 aliphatic rings. The summed E-state index contributed by atoms with van der Waals surface area (Å²) in [5.41, 5.74) is 5.85. The average molecular weight is 696 g/mol. The van der Waals surface area contributed by atoms with Gasteiger partial charge in [0.05, 0.1) is 11.0 Å². The van der Waals surface area contributed by atoms with E-state index in [9.17, 15) is 0 Å². The second kappa shape index (κ2) is 10.5. The molecule has 3 aromatic carbocycles. The molecule has 36 heavy (non-hydrogen) atoms.